The van der Waals surface area contributed by atoms with Gasteiger partial charge in [0.25, 0.3) is 0 Å². The Bertz CT molecular complexity index is 279. The molecule has 1 aliphatic heterocycles. The highest BCUT2D eigenvalue weighted by atomic mass is 15.1. The van der Waals surface area contributed by atoms with E-state index in [1.807, 2.05) is 27.7 Å². The van der Waals surface area contributed by atoms with Gasteiger partial charge in [-0.1, -0.05) is 59.2 Å². The summed E-state index contributed by atoms with van der Waals surface area (Å²) in [5.41, 5.74) is 1.40. The third-order valence-corrected chi connectivity index (χ3v) is 3.34. The fourth-order valence-electron chi connectivity index (χ4n) is 2.58. The molecule has 110 valence electrons. The van der Waals surface area contributed by atoms with Crippen LogP contribution in [0.1, 0.15) is 60.3 Å². The molecule has 0 aromatic heterocycles. The molecule has 0 amide bonds. The molecule has 2 rings (SSSR count). The summed E-state index contributed by atoms with van der Waals surface area (Å²) in [5, 5.41) is 0. The van der Waals surface area contributed by atoms with Crippen molar-refractivity contribution in [1.29, 1.82) is 0 Å². The summed E-state index contributed by atoms with van der Waals surface area (Å²) in [6, 6.07) is 10.8. The van der Waals surface area contributed by atoms with Gasteiger partial charge in [0.05, 0.1) is 0 Å². The van der Waals surface area contributed by atoms with E-state index >= 15 is 0 Å². The number of nitrogens with zero attached hydrogens (tertiary/aromatic N) is 1. The zero-order chi connectivity index (χ0) is 14.5. The highest BCUT2D eigenvalue weighted by Crippen LogP contribution is 2.25. The normalized spacial score (nSPS) is 17.7. The minimum absolute atomic E-state index is 0.920. The van der Waals surface area contributed by atoms with Crippen molar-refractivity contribution in [2.45, 2.75) is 60.3 Å². The second kappa shape index (κ2) is 12.1. The lowest BCUT2D eigenvalue weighted by atomic mass is 9.93. The Morgan fingerprint density at radius 2 is 1.68 bits per heavy atom. The predicted molar refractivity (Wildman–Crippen MR) is 89.0 cm³/mol. The Kier molecular flexibility index (Phi) is 11.5. The first-order chi connectivity index (χ1) is 9.40. The van der Waals surface area contributed by atoms with E-state index in [2.05, 4.69) is 42.2 Å². The van der Waals surface area contributed by atoms with Gasteiger partial charge in [0.15, 0.2) is 0 Å². The standard InChI is InChI=1S/C14H21N.2C2H6/c1-2-7-13-8-6-11-15(12-13)14-9-4-3-5-10-14;2*1-2/h3-5,9-10,13H,2,6-8,11-12H2,1H3;2*1-2H3. The molecule has 1 atom stereocenters. The molecule has 0 bridgehead atoms. The van der Waals surface area contributed by atoms with Crippen molar-refractivity contribution in [3.8, 4) is 0 Å². The zero-order valence-corrected chi connectivity index (χ0v) is 13.7. The molecule has 0 saturated carbocycles. The van der Waals surface area contributed by atoms with Crippen LogP contribution in [0.25, 0.3) is 0 Å². The minimum Gasteiger partial charge on any atom is -0.371 e. The van der Waals surface area contributed by atoms with E-state index in [4.69, 9.17) is 0 Å². The average Bonchev–Trinajstić information content (AvgIpc) is 2.53. The molecule has 19 heavy (non-hydrogen) atoms. The first-order valence-corrected chi connectivity index (χ1v) is 8.20. The maximum Gasteiger partial charge on any atom is 0.0366 e. The molecule has 0 N–H and O–H groups in total. The van der Waals surface area contributed by atoms with Crippen molar-refractivity contribution in [2.75, 3.05) is 18.0 Å². The van der Waals surface area contributed by atoms with Crippen molar-refractivity contribution in [3.63, 3.8) is 0 Å². The number of para-hydroxylation sites is 1. The fourth-order valence-corrected chi connectivity index (χ4v) is 2.58. The molecule has 0 radical (unpaired) electrons. The van der Waals surface area contributed by atoms with E-state index in [0.29, 0.717) is 0 Å². The highest BCUT2D eigenvalue weighted by molar-refractivity contribution is 5.46. The van der Waals surface area contributed by atoms with Crippen LogP contribution in [-0.4, -0.2) is 13.1 Å². The van der Waals surface area contributed by atoms with Crippen molar-refractivity contribution >= 4 is 5.69 Å². The summed E-state index contributed by atoms with van der Waals surface area (Å²) >= 11 is 0. The van der Waals surface area contributed by atoms with E-state index in [1.54, 1.807) is 0 Å². The predicted octanol–water partition coefficient (Wildman–Crippen LogP) is 5.76. The van der Waals surface area contributed by atoms with Gasteiger partial charge in [0.2, 0.25) is 0 Å². The van der Waals surface area contributed by atoms with E-state index in [-0.39, 0.29) is 0 Å². The Labute approximate surface area is 121 Å². The molecule has 0 aliphatic carbocycles. The van der Waals surface area contributed by atoms with E-state index in [1.165, 1.54) is 44.5 Å². The molecule has 1 heteroatoms. The summed E-state index contributed by atoms with van der Waals surface area (Å²) in [5.74, 6) is 0.920. The van der Waals surface area contributed by atoms with Crippen LogP contribution >= 0.6 is 0 Å². The molecular weight excluding hydrogens is 230 g/mol. The van der Waals surface area contributed by atoms with Crippen molar-refractivity contribution in [2.24, 2.45) is 5.92 Å². The molecule has 1 aliphatic rings. The van der Waals surface area contributed by atoms with Crippen molar-refractivity contribution in [1.82, 2.24) is 0 Å². The van der Waals surface area contributed by atoms with E-state index < -0.39 is 0 Å². The molecular formula is C18H33N. The number of benzene rings is 1. The lowest BCUT2D eigenvalue weighted by Gasteiger charge is -2.34. The van der Waals surface area contributed by atoms with Gasteiger partial charge in [-0.2, -0.15) is 0 Å². The maximum absolute atomic E-state index is 2.55. The number of piperidine rings is 1. The van der Waals surface area contributed by atoms with Crippen LogP contribution in [0.5, 0.6) is 0 Å². The van der Waals surface area contributed by atoms with Crippen LogP contribution in [-0.2, 0) is 0 Å². The second-order valence-corrected chi connectivity index (χ2v) is 4.58. The van der Waals surface area contributed by atoms with Crippen molar-refractivity contribution < 1.29 is 0 Å². The van der Waals surface area contributed by atoms with Gasteiger partial charge >= 0.3 is 0 Å². The summed E-state index contributed by atoms with van der Waals surface area (Å²) in [7, 11) is 0. The topological polar surface area (TPSA) is 3.24 Å². The monoisotopic (exact) mass is 263 g/mol. The maximum atomic E-state index is 2.55. The molecule has 1 unspecified atom stereocenters. The largest absolute Gasteiger partial charge is 0.371 e. The third-order valence-electron chi connectivity index (χ3n) is 3.34. The fraction of sp³-hybridized carbons (Fsp3) is 0.667. The highest BCUT2D eigenvalue weighted by Gasteiger charge is 2.18. The van der Waals surface area contributed by atoms with Gasteiger partial charge in [-0.25, -0.2) is 0 Å². The van der Waals surface area contributed by atoms with Crippen LogP contribution in [0.4, 0.5) is 5.69 Å². The third kappa shape index (κ3) is 6.66. The van der Waals surface area contributed by atoms with E-state index in [9.17, 15) is 0 Å². The van der Waals surface area contributed by atoms with Crippen LogP contribution in [0, 0.1) is 5.92 Å². The number of rotatable bonds is 3. The molecule has 1 fully saturated rings. The molecule has 0 spiro atoms. The van der Waals surface area contributed by atoms with Gasteiger partial charge in [-0.3, -0.25) is 0 Å². The number of hydrogen-bond acceptors (Lipinski definition) is 1. The minimum atomic E-state index is 0.920. The first-order valence-electron chi connectivity index (χ1n) is 8.20. The first kappa shape index (κ1) is 18.0. The summed E-state index contributed by atoms with van der Waals surface area (Å²) < 4.78 is 0. The van der Waals surface area contributed by atoms with Gasteiger partial charge in [-0.05, 0) is 37.3 Å². The lowest BCUT2D eigenvalue weighted by Crippen LogP contribution is -2.35. The van der Waals surface area contributed by atoms with Gasteiger partial charge in [0, 0.05) is 18.8 Å². The number of anilines is 1. The van der Waals surface area contributed by atoms with Gasteiger partial charge in [0.1, 0.15) is 0 Å². The second-order valence-electron chi connectivity index (χ2n) is 4.58. The van der Waals surface area contributed by atoms with Crippen LogP contribution < -0.4 is 4.90 Å². The van der Waals surface area contributed by atoms with Gasteiger partial charge < -0.3 is 4.90 Å². The average molecular weight is 263 g/mol. The van der Waals surface area contributed by atoms with E-state index in [0.717, 1.165) is 5.92 Å². The Morgan fingerprint density at radius 3 is 2.26 bits per heavy atom. The summed E-state index contributed by atoms with van der Waals surface area (Å²) in [6.07, 6.45) is 5.51. The Balaban J connectivity index is 0.000000741. The molecule has 1 heterocycles. The number of hydrogen-bond donors (Lipinski definition) is 0. The van der Waals surface area contributed by atoms with Crippen molar-refractivity contribution in [3.05, 3.63) is 30.3 Å². The SMILES string of the molecule is CC.CC.CCCC1CCCN(c2ccccc2)C1. The summed E-state index contributed by atoms with van der Waals surface area (Å²) in [6.45, 7) is 12.8. The molecule has 1 saturated heterocycles. The smallest absolute Gasteiger partial charge is 0.0366 e. The van der Waals surface area contributed by atoms with Gasteiger partial charge in [-0.15, -0.1) is 0 Å². The summed E-state index contributed by atoms with van der Waals surface area (Å²) in [4.78, 5) is 2.55. The quantitative estimate of drug-likeness (QED) is 0.670. The molecule has 1 aromatic carbocycles. The Hall–Kier alpha value is -0.980. The van der Waals surface area contributed by atoms with Crippen LogP contribution in [0.15, 0.2) is 30.3 Å². The Morgan fingerprint density at radius 1 is 1.05 bits per heavy atom. The van der Waals surface area contributed by atoms with Crippen LogP contribution in [0.3, 0.4) is 0 Å². The molecule has 1 nitrogen and oxygen atoms in total. The van der Waals surface area contributed by atoms with Crippen LogP contribution in [0.2, 0.25) is 0 Å². The lowest BCUT2D eigenvalue weighted by molar-refractivity contribution is 0.388. The molecule has 1 aromatic rings. The zero-order valence-electron chi connectivity index (χ0n) is 13.7.